The van der Waals surface area contributed by atoms with E-state index in [4.69, 9.17) is 4.52 Å². The zero-order chi connectivity index (χ0) is 15.4. The Morgan fingerprint density at radius 1 is 1.33 bits per heavy atom. The summed E-state index contributed by atoms with van der Waals surface area (Å²) in [5.74, 6) is 1.77. The smallest absolute Gasteiger partial charge is 0.231 e. The molecule has 1 aliphatic rings. The van der Waals surface area contributed by atoms with E-state index in [1.807, 2.05) is 0 Å². The zero-order valence-electron chi connectivity index (χ0n) is 14.0. The van der Waals surface area contributed by atoms with Crippen LogP contribution in [0.25, 0.3) is 0 Å². The highest BCUT2D eigenvalue weighted by Crippen LogP contribution is 2.24. The summed E-state index contributed by atoms with van der Waals surface area (Å²) in [7, 11) is 4.30. The highest BCUT2D eigenvalue weighted by molar-refractivity contribution is 5.01. The molecule has 3 atom stereocenters. The van der Waals surface area contributed by atoms with E-state index in [0.717, 1.165) is 37.9 Å². The van der Waals surface area contributed by atoms with Gasteiger partial charge in [0.2, 0.25) is 5.89 Å². The van der Waals surface area contributed by atoms with Crippen molar-refractivity contribution in [3.05, 3.63) is 11.7 Å². The first-order valence-corrected chi connectivity index (χ1v) is 7.98. The maximum Gasteiger partial charge on any atom is 0.231 e. The molecule has 3 unspecified atom stereocenters. The minimum Gasteiger partial charge on any atom is -0.339 e. The van der Waals surface area contributed by atoms with Crippen molar-refractivity contribution >= 4 is 0 Å². The van der Waals surface area contributed by atoms with Gasteiger partial charge >= 0.3 is 0 Å². The van der Waals surface area contributed by atoms with E-state index < -0.39 is 0 Å². The Balaban J connectivity index is 2.10. The SMILES string of the molecule is CCNC(C)C(C)c1nc(C2CN(C)CCCN2C)no1. The van der Waals surface area contributed by atoms with Gasteiger partial charge in [0.05, 0.1) is 12.0 Å². The van der Waals surface area contributed by atoms with Crippen molar-refractivity contribution in [1.29, 1.82) is 0 Å². The van der Waals surface area contributed by atoms with Gasteiger partial charge in [-0.2, -0.15) is 4.98 Å². The zero-order valence-corrected chi connectivity index (χ0v) is 14.0. The summed E-state index contributed by atoms with van der Waals surface area (Å²) in [6.45, 7) is 10.5. The Morgan fingerprint density at radius 2 is 2.10 bits per heavy atom. The molecule has 0 aliphatic carbocycles. The van der Waals surface area contributed by atoms with Crippen molar-refractivity contribution in [1.82, 2.24) is 25.3 Å². The van der Waals surface area contributed by atoms with Gasteiger partial charge in [-0.15, -0.1) is 0 Å². The molecule has 120 valence electrons. The number of hydrogen-bond donors (Lipinski definition) is 1. The molecule has 0 aromatic carbocycles. The van der Waals surface area contributed by atoms with E-state index in [1.165, 1.54) is 6.42 Å². The third-order valence-corrected chi connectivity index (χ3v) is 4.49. The number of hydrogen-bond acceptors (Lipinski definition) is 6. The van der Waals surface area contributed by atoms with Crippen LogP contribution in [0.2, 0.25) is 0 Å². The van der Waals surface area contributed by atoms with E-state index in [0.29, 0.717) is 6.04 Å². The molecule has 6 nitrogen and oxygen atoms in total. The summed E-state index contributed by atoms with van der Waals surface area (Å²) in [4.78, 5) is 9.35. The van der Waals surface area contributed by atoms with Crippen LogP contribution in [0.1, 0.15) is 50.9 Å². The third kappa shape index (κ3) is 4.02. The quantitative estimate of drug-likeness (QED) is 0.888. The topological polar surface area (TPSA) is 57.4 Å². The van der Waals surface area contributed by atoms with Gasteiger partial charge < -0.3 is 14.7 Å². The van der Waals surface area contributed by atoms with Gasteiger partial charge in [-0.3, -0.25) is 4.90 Å². The lowest BCUT2D eigenvalue weighted by Crippen LogP contribution is -2.32. The molecule has 0 radical (unpaired) electrons. The van der Waals surface area contributed by atoms with Gasteiger partial charge in [-0.1, -0.05) is 19.0 Å². The van der Waals surface area contributed by atoms with Crippen LogP contribution >= 0.6 is 0 Å². The summed E-state index contributed by atoms with van der Waals surface area (Å²) in [5.41, 5.74) is 0. The maximum atomic E-state index is 5.53. The van der Waals surface area contributed by atoms with E-state index in [-0.39, 0.29) is 12.0 Å². The van der Waals surface area contributed by atoms with Crippen molar-refractivity contribution in [3.8, 4) is 0 Å². The average molecular weight is 295 g/mol. The molecular weight excluding hydrogens is 266 g/mol. The molecule has 6 heteroatoms. The molecule has 1 aromatic rings. The second-order valence-electron chi connectivity index (χ2n) is 6.24. The molecule has 21 heavy (non-hydrogen) atoms. The number of nitrogens with zero attached hydrogens (tertiary/aromatic N) is 4. The second kappa shape index (κ2) is 7.33. The van der Waals surface area contributed by atoms with E-state index in [1.54, 1.807) is 0 Å². The molecule has 1 N–H and O–H groups in total. The molecular formula is C15H29N5O. The molecule has 0 saturated carbocycles. The predicted octanol–water partition coefficient (Wildman–Crippen LogP) is 1.48. The van der Waals surface area contributed by atoms with Crippen molar-refractivity contribution in [2.75, 3.05) is 40.3 Å². The van der Waals surface area contributed by atoms with Crippen LogP contribution in [0.4, 0.5) is 0 Å². The molecule has 2 rings (SSSR count). The fourth-order valence-electron chi connectivity index (χ4n) is 2.83. The average Bonchev–Trinajstić information content (AvgIpc) is 2.87. The van der Waals surface area contributed by atoms with Gasteiger partial charge in [0.25, 0.3) is 0 Å². The van der Waals surface area contributed by atoms with Crippen LogP contribution in [-0.2, 0) is 0 Å². The fourth-order valence-corrected chi connectivity index (χ4v) is 2.83. The molecule has 1 fully saturated rings. The van der Waals surface area contributed by atoms with Gasteiger partial charge in [0, 0.05) is 12.6 Å². The summed E-state index contributed by atoms with van der Waals surface area (Å²) in [6.07, 6.45) is 1.18. The number of likely N-dealkylation sites (N-methyl/N-ethyl adjacent to an activating group) is 3. The first-order valence-electron chi connectivity index (χ1n) is 7.98. The summed E-state index contributed by atoms with van der Waals surface area (Å²) in [6, 6.07) is 0.550. The highest BCUT2D eigenvalue weighted by atomic mass is 16.5. The first kappa shape index (κ1) is 16.4. The third-order valence-electron chi connectivity index (χ3n) is 4.49. The van der Waals surface area contributed by atoms with Crippen LogP contribution in [0.15, 0.2) is 4.52 Å². The van der Waals surface area contributed by atoms with Gasteiger partial charge in [0.1, 0.15) is 0 Å². The maximum absolute atomic E-state index is 5.53. The molecule has 1 aliphatic heterocycles. The minimum atomic E-state index is 0.219. The van der Waals surface area contributed by atoms with Gasteiger partial charge in [-0.05, 0) is 47.1 Å². The molecule has 1 saturated heterocycles. The minimum absolute atomic E-state index is 0.219. The monoisotopic (exact) mass is 295 g/mol. The van der Waals surface area contributed by atoms with Crippen molar-refractivity contribution < 1.29 is 4.52 Å². The van der Waals surface area contributed by atoms with Crippen molar-refractivity contribution in [2.45, 2.75) is 45.2 Å². The van der Waals surface area contributed by atoms with Crippen molar-refractivity contribution in [3.63, 3.8) is 0 Å². The number of rotatable bonds is 5. The molecule has 2 heterocycles. The van der Waals surface area contributed by atoms with Gasteiger partial charge in [-0.25, -0.2) is 0 Å². The first-order chi connectivity index (χ1) is 10.0. The van der Waals surface area contributed by atoms with Crippen LogP contribution in [0.3, 0.4) is 0 Å². The Kier molecular flexibility index (Phi) is 5.72. The summed E-state index contributed by atoms with van der Waals surface area (Å²) < 4.78 is 5.53. The van der Waals surface area contributed by atoms with Crippen LogP contribution in [0, 0.1) is 0 Å². The van der Waals surface area contributed by atoms with E-state index in [2.05, 4.69) is 60.1 Å². The standard InChI is InChI=1S/C15H29N5O/c1-6-16-12(3)11(2)15-17-14(18-21-15)13-10-19(4)8-7-9-20(13)5/h11-13,16H,6-10H2,1-5H3. The van der Waals surface area contributed by atoms with Gasteiger partial charge in [0.15, 0.2) is 5.82 Å². The van der Waals surface area contributed by atoms with Crippen molar-refractivity contribution in [2.24, 2.45) is 0 Å². The number of nitrogens with one attached hydrogen (secondary N) is 1. The molecule has 0 bridgehead atoms. The molecule has 1 aromatic heterocycles. The highest BCUT2D eigenvalue weighted by Gasteiger charge is 2.28. The van der Waals surface area contributed by atoms with Crippen LogP contribution in [0.5, 0.6) is 0 Å². The van der Waals surface area contributed by atoms with E-state index >= 15 is 0 Å². The number of aromatic nitrogens is 2. The lowest BCUT2D eigenvalue weighted by Gasteiger charge is -2.24. The summed E-state index contributed by atoms with van der Waals surface area (Å²) in [5, 5.41) is 7.66. The predicted molar refractivity (Wildman–Crippen MR) is 83.3 cm³/mol. The fraction of sp³-hybridized carbons (Fsp3) is 0.867. The summed E-state index contributed by atoms with van der Waals surface area (Å²) >= 11 is 0. The Morgan fingerprint density at radius 3 is 2.81 bits per heavy atom. The van der Waals surface area contributed by atoms with Crippen LogP contribution < -0.4 is 5.32 Å². The Hall–Kier alpha value is -0.980. The lowest BCUT2D eigenvalue weighted by atomic mass is 10.0. The largest absolute Gasteiger partial charge is 0.339 e. The molecule has 0 amide bonds. The Labute approximate surface area is 127 Å². The lowest BCUT2D eigenvalue weighted by molar-refractivity contribution is 0.214. The normalized spacial score (nSPS) is 24.7. The Bertz CT molecular complexity index is 435. The second-order valence-corrected chi connectivity index (χ2v) is 6.24. The van der Waals surface area contributed by atoms with E-state index in [9.17, 15) is 0 Å². The van der Waals surface area contributed by atoms with Crippen LogP contribution in [-0.4, -0.2) is 66.3 Å². The molecule has 0 spiro atoms.